The van der Waals surface area contributed by atoms with E-state index in [9.17, 15) is 4.79 Å². The maximum Gasteiger partial charge on any atom is 0.250 e. The van der Waals surface area contributed by atoms with E-state index in [0.29, 0.717) is 21.8 Å². The molecular weight excluding hydrogens is 360 g/mol. The van der Waals surface area contributed by atoms with Gasteiger partial charge in [0.05, 0.1) is 6.33 Å². The van der Waals surface area contributed by atoms with Gasteiger partial charge in [-0.1, -0.05) is 41.1 Å². The van der Waals surface area contributed by atoms with Crippen LogP contribution in [0, 0.1) is 0 Å². The molecule has 0 bridgehead atoms. The Hall–Kier alpha value is -2.71. The quantitative estimate of drug-likeness (QED) is 0.552. The number of amides is 1. The molecule has 1 aromatic carbocycles. The van der Waals surface area contributed by atoms with Gasteiger partial charge >= 0.3 is 0 Å². The second-order valence-electron chi connectivity index (χ2n) is 5.01. The van der Waals surface area contributed by atoms with Gasteiger partial charge in [-0.05, 0) is 17.7 Å². The molecule has 7 nitrogen and oxygen atoms in total. The Labute approximate surface area is 153 Å². The van der Waals surface area contributed by atoms with Crippen molar-refractivity contribution in [2.24, 2.45) is 0 Å². The van der Waals surface area contributed by atoms with Crippen LogP contribution >= 0.6 is 22.9 Å². The maximum absolute atomic E-state index is 11.9. The summed E-state index contributed by atoms with van der Waals surface area (Å²) in [7, 11) is 0. The average molecular weight is 375 g/mol. The summed E-state index contributed by atoms with van der Waals surface area (Å²) in [4.78, 5) is 18.9. The van der Waals surface area contributed by atoms with Crippen molar-refractivity contribution in [2.45, 2.75) is 6.42 Å². The summed E-state index contributed by atoms with van der Waals surface area (Å²) in [5, 5.41) is 15.4. The lowest BCUT2D eigenvalue weighted by atomic mass is 10.2. The Kier molecular flexibility index (Phi) is 5.76. The molecule has 1 amide bonds. The van der Waals surface area contributed by atoms with E-state index >= 15 is 0 Å². The number of benzene rings is 1. The summed E-state index contributed by atoms with van der Waals surface area (Å²) in [6.45, 7) is 0.692. The van der Waals surface area contributed by atoms with Crippen molar-refractivity contribution in [1.29, 1.82) is 0 Å². The fourth-order valence-corrected chi connectivity index (χ4v) is 2.86. The number of rotatable bonds is 7. The Morgan fingerprint density at radius 3 is 2.92 bits per heavy atom. The third kappa shape index (κ3) is 5.13. The molecule has 0 spiro atoms. The molecule has 9 heteroatoms. The lowest BCUT2D eigenvalue weighted by Crippen LogP contribution is -2.07. The van der Waals surface area contributed by atoms with Gasteiger partial charge in [0.15, 0.2) is 0 Å². The van der Waals surface area contributed by atoms with Crippen molar-refractivity contribution < 1.29 is 4.79 Å². The number of aromatic amines is 1. The van der Waals surface area contributed by atoms with E-state index in [1.807, 2.05) is 18.2 Å². The van der Waals surface area contributed by atoms with E-state index in [0.717, 1.165) is 17.7 Å². The van der Waals surface area contributed by atoms with E-state index in [-0.39, 0.29) is 5.91 Å². The molecular formula is C16H15ClN6OS. The standard InChI is InChI=1S/C16H15ClN6OS/c17-13-4-2-1-3-11(13)5-6-14(24)21-16-23-22-15(25-16)19-8-7-12-9-18-10-20-12/h1-6,9-10H,7-8H2,(H,18,20)(H,19,22)(H,21,23,24)/b6-5+. The Bertz CT molecular complexity index is 861. The molecule has 3 N–H and O–H groups in total. The molecule has 25 heavy (non-hydrogen) atoms. The van der Waals surface area contributed by atoms with Crippen LogP contribution in [-0.4, -0.2) is 32.6 Å². The van der Waals surface area contributed by atoms with Crippen molar-refractivity contribution in [3.63, 3.8) is 0 Å². The van der Waals surface area contributed by atoms with Crippen LogP contribution in [0.25, 0.3) is 6.08 Å². The van der Waals surface area contributed by atoms with Gasteiger partial charge in [0.2, 0.25) is 16.2 Å². The van der Waals surface area contributed by atoms with Gasteiger partial charge in [0.1, 0.15) is 0 Å². The minimum absolute atomic E-state index is 0.292. The second kappa shape index (κ2) is 8.41. The van der Waals surface area contributed by atoms with Crippen LogP contribution in [0.1, 0.15) is 11.3 Å². The van der Waals surface area contributed by atoms with Crippen LogP contribution in [0.15, 0.2) is 42.9 Å². The highest BCUT2D eigenvalue weighted by Crippen LogP contribution is 2.20. The molecule has 3 rings (SSSR count). The zero-order chi connectivity index (χ0) is 17.5. The van der Waals surface area contributed by atoms with Crippen molar-refractivity contribution in [1.82, 2.24) is 20.2 Å². The van der Waals surface area contributed by atoms with Gasteiger partial charge in [-0.25, -0.2) is 4.98 Å². The third-order valence-electron chi connectivity index (χ3n) is 3.20. The average Bonchev–Trinajstić information content (AvgIpc) is 3.26. The number of H-pyrrole nitrogens is 1. The van der Waals surface area contributed by atoms with Crippen molar-refractivity contribution in [2.75, 3.05) is 17.2 Å². The summed E-state index contributed by atoms with van der Waals surface area (Å²) in [5.74, 6) is -0.292. The second-order valence-corrected chi connectivity index (χ2v) is 6.39. The number of imidazole rings is 1. The largest absolute Gasteiger partial charge is 0.360 e. The first-order valence-electron chi connectivity index (χ1n) is 7.49. The van der Waals surface area contributed by atoms with Gasteiger partial charge in [0, 0.05) is 36.0 Å². The van der Waals surface area contributed by atoms with Crippen molar-refractivity contribution >= 4 is 45.2 Å². The smallest absolute Gasteiger partial charge is 0.250 e. The van der Waals surface area contributed by atoms with Crippen LogP contribution in [0.3, 0.4) is 0 Å². The molecule has 0 aliphatic heterocycles. The van der Waals surface area contributed by atoms with Crippen LogP contribution in [0.2, 0.25) is 5.02 Å². The Morgan fingerprint density at radius 1 is 1.28 bits per heavy atom. The van der Waals surface area contributed by atoms with Gasteiger partial charge in [0.25, 0.3) is 0 Å². The number of hydrogen-bond acceptors (Lipinski definition) is 6. The molecule has 0 fully saturated rings. The molecule has 0 aliphatic rings. The first kappa shape index (κ1) is 17.1. The molecule has 128 valence electrons. The number of hydrogen-bond donors (Lipinski definition) is 3. The predicted octanol–water partition coefficient (Wildman–Crippen LogP) is 3.22. The van der Waals surface area contributed by atoms with Gasteiger partial charge < -0.3 is 10.3 Å². The third-order valence-corrected chi connectivity index (χ3v) is 4.34. The molecule has 0 atom stereocenters. The minimum atomic E-state index is -0.292. The summed E-state index contributed by atoms with van der Waals surface area (Å²) in [6.07, 6.45) is 7.28. The van der Waals surface area contributed by atoms with E-state index < -0.39 is 0 Å². The van der Waals surface area contributed by atoms with Gasteiger partial charge in [-0.15, -0.1) is 10.2 Å². The summed E-state index contributed by atoms with van der Waals surface area (Å²) in [5.41, 5.74) is 1.81. The van der Waals surface area contributed by atoms with E-state index in [1.165, 1.54) is 17.4 Å². The Balaban J connectivity index is 1.49. The lowest BCUT2D eigenvalue weighted by molar-refractivity contribution is -0.111. The summed E-state index contributed by atoms with van der Waals surface area (Å²) in [6, 6.07) is 7.29. The number of nitrogens with zero attached hydrogens (tertiary/aromatic N) is 3. The zero-order valence-corrected chi connectivity index (χ0v) is 14.6. The summed E-state index contributed by atoms with van der Waals surface area (Å²) >= 11 is 7.31. The first-order chi connectivity index (χ1) is 12.2. The van der Waals surface area contributed by atoms with E-state index in [1.54, 1.807) is 24.7 Å². The fourth-order valence-electron chi connectivity index (χ4n) is 1.99. The van der Waals surface area contributed by atoms with Crippen molar-refractivity contribution in [3.05, 3.63) is 59.1 Å². The number of carbonyl (C=O) groups is 1. The van der Waals surface area contributed by atoms with Gasteiger partial charge in [-0.3, -0.25) is 10.1 Å². The van der Waals surface area contributed by atoms with E-state index in [2.05, 4.69) is 30.8 Å². The minimum Gasteiger partial charge on any atom is -0.360 e. The molecule has 0 aliphatic carbocycles. The number of nitrogens with one attached hydrogen (secondary N) is 3. The topological polar surface area (TPSA) is 95.6 Å². The first-order valence-corrected chi connectivity index (χ1v) is 8.68. The highest BCUT2D eigenvalue weighted by atomic mass is 35.5. The van der Waals surface area contributed by atoms with Gasteiger partial charge in [-0.2, -0.15) is 0 Å². The molecule has 2 heterocycles. The molecule has 0 unspecified atom stereocenters. The molecule has 3 aromatic rings. The van der Waals surface area contributed by atoms with E-state index in [4.69, 9.17) is 11.6 Å². The molecule has 0 radical (unpaired) electrons. The SMILES string of the molecule is O=C(/C=C/c1ccccc1Cl)Nc1nnc(NCCc2cnc[nH]2)s1. The lowest BCUT2D eigenvalue weighted by Gasteiger charge is -1.99. The number of anilines is 2. The fraction of sp³-hybridized carbons (Fsp3) is 0.125. The number of aromatic nitrogens is 4. The Morgan fingerprint density at radius 2 is 2.12 bits per heavy atom. The molecule has 0 saturated heterocycles. The van der Waals surface area contributed by atoms with Crippen molar-refractivity contribution in [3.8, 4) is 0 Å². The zero-order valence-electron chi connectivity index (χ0n) is 13.1. The highest BCUT2D eigenvalue weighted by Gasteiger charge is 2.06. The summed E-state index contributed by atoms with van der Waals surface area (Å²) < 4.78 is 0. The van der Waals surface area contributed by atoms with Crippen LogP contribution in [0.5, 0.6) is 0 Å². The predicted molar refractivity (Wildman–Crippen MR) is 99.8 cm³/mol. The number of carbonyl (C=O) groups excluding carboxylic acids is 1. The monoisotopic (exact) mass is 374 g/mol. The normalized spacial score (nSPS) is 10.9. The van der Waals surface area contributed by atoms with Crippen LogP contribution in [-0.2, 0) is 11.2 Å². The maximum atomic E-state index is 11.9. The molecule has 2 aromatic heterocycles. The molecule has 0 saturated carbocycles. The van der Waals surface area contributed by atoms with Crippen LogP contribution in [0.4, 0.5) is 10.3 Å². The van der Waals surface area contributed by atoms with Crippen LogP contribution < -0.4 is 10.6 Å². The number of halogens is 1. The highest BCUT2D eigenvalue weighted by molar-refractivity contribution is 7.19.